The Kier molecular flexibility index (Phi) is 14.4. The van der Waals surface area contributed by atoms with Crippen LogP contribution in [0.15, 0.2) is 24.3 Å². The molecule has 3 amide bonds. The van der Waals surface area contributed by atoms with Gasteiger partial charge in [-0.05, 0) is 49.1 Å². The summed E-state index contributed by atoms with van der Waals surface area (Å²) < 4.78 is 16.2. The molecule has 0 saturated carbocycles. The van der Waals surface area contributed by atoms with E-state index in [4.69, 9.17) is 14.2 Å². The summed E-state index contributed by atoms with van der Waals surface area (Å²) in [5.41, 5.74) is -0.240. The maximum Gasteiger partial charge on any atom is 0.404 e. The molecule has 0 unspecified atom stereocenters. The number of carbonyl (C=O) groups is 3. The topological polar surface area (TPSA) is 155 Å². The van der Waals surface area contributed by atoms with E-state index in [1.165, 1.54) is 0 Å². The number of amides is 3. The fourth-order valence-electron chi connectivity index (χ4n) is 5.04. The standard InChI is InChI=1S/C30H49N3O8/c1-20(2)21(18-31-27(35)23-9-6-7-10-26(23)41-14-8-13-39-5)17-24(33-29(37)38)25(34)19-32-28(36)30(3,4)22-11-15-40-16-12-22/h6-7,9-10,20-22,24-25,33-34H,8,11-19H2,1-5H3,(H,31,35)(H,32,36)(H,37,38)/t21-,24+,25+/m1/s1. The molecule has 1 fully saturated rings. The molecule has 11 heteroatoms. The average molecular weight is 580 g/mol. The number of aliphatic hydroxyl groups is 1. The van der Waals surface area contributed by atoms with Crippen LogP contribution in [0.2, 0.25) is 0 Å². The highest BCUT2D eigenvalue weighted by atomic mass is 16.5. The third-order valence-corrected chi connectivity index (χ3v) is 7.98. The molecule has 2 rings (SSSR count). The lowest BCUT2D eigenvalue weighted by Crippen LogP contribution is -2.52. The van der Waals surface area contributed by atoms with Crippen molar-refractivity contribution in [3.63, 3.8) is 0 Å². The van der Waals surface area contributed by atoms with Crippen molar-refractivity contribution in [2.75, 3.05) is 46.6 Å². The molecule has 1 saturated heterocycles. The molecule has 0 aromatic heterocycles. The number of carboxylic acid groups (broad SMARTS) is 1. The number of benzene rings is 1. The minimum absolute atomic E-state index is 0.0724. The molecule has 232 valence electrons. The van der Waals surface area contributed by atoms with E-state index in [2.05, 4.69) is 16.0 Å². The number of carbonyl (C=O) groups excluding carboxylic acids is 2. The first-order chi connectivity index (χ1) is 19.5. The van der Waals surface area contributed by atoms with E-state index in [1.807, 2.05) is 27.7 Å². The highest BCUT2D eigenvalue weighted by Crippen LogP contribution is 2.34. The van der Waals surface area contributed by atoms with Crippen LogP contribution in [0, 0.1) is 23.2 Å². The number of rotatable bonds is 17. The fourth-order valence-corrected chi connectivity index (χ4v) is 5.04. The number of hydrogen-bond donors (Lipinski definition) is 5. The lowest BCUT2D eigenvalue weighted by molar-refractivity contribution is -0.134. The minimum Gasteiger partial charge on any atom is -0.493 e. The maximum absolute atomic E-state index is 13.1. The Morgan fingerprint density at radius 2 is 1.76 bits per heavy atom. The van der Waals surface area contributed by atoms with Gasteiger partial charge in [0, 0.05) is 51.9 Å². The summed E-state index contributed by atoms with van der Waals surface area (Å²) in [6.07, 6.45) is 0.111. The molecule has 3 atom stereocenters. The second kappa shape index (κ2) is 17.2. The van der Waals surface area contributed by atoms with Crippen molar-refractivity contribution in [1.82, 2.24) is 16.0 Å². The normalized spacial score (nSPS) is 16.5. The van der Waals surface area contributed by atoms with Crippen LogP contribution in [-0.2, 0) is 14.3 Å². The van der Waals surface area contributed by atoms with E-state index >= 15 is 0 Å². The van der Waals surface area contributed by atoms with Crippen LogP contribution in [0.4, 0.5) is 4.79 Å². The molecule has 1 aliphatic rings. The van der Waals surface area contributed by atoms with Gasteiger partial charge in [0.2, 0.25) is 5.91 Å². The van der Waals surface area contributed by atoms with Gasteiger partial charge in [0.1, 0.15) is 5.75 Å². The average Bonchev–Trinajstić information content (AvgIpc) is 2.95. The molecular weight excluding hydrogens is 530 g/mol. The van der Waals surface area contributed by atoms with Gasteiger partial charge in [0.15, 0.2) is 0 Å². The zero-order valence-electron chi connectivity index (χ0n) is 25.1. The van der Waals surface area contributed by atoms with E-state index in [-0.39, 0.29) is 49.1 Å². The van der Waals surface area contributed by atoms with E-state index in [0.717, 1.165) is 12.8 Å². The van der Waals surface area contributed by atoms with Gasteiger partial charge in [0.25, 0.3) is 5.91 Å². The lowest BCUT2D eigenvalue weighted by Gasteiger charge is -2.36. The van der Waals surface area contributed by atoms with Gasteiger partial charge in [-0.25, -0.2) is 4.79 Å². The zero-order chi connectivity index (χ0) is 30.4. The maximum atomic E-state index is 13.1. The Bertz CT molecular complexity index is 965. The third kappa shape index (κ3) is 11.1. The predicted molar refractivity (Wildman–Crippen MR) is 155 cm³/mol. The van der Waals surface area contributed by atoms with Gasteiger partial charge < -0.3 is 40.4 Å². The third-order valence-electron chi connectivity index (χ3n) is 7.98. The number of aliphatic hydroxyl groups excluding tert-OH is 1. The van der Waals surface area contributed by atoms with E-state index in [0.29, 0.717) is 44.2 Å². The van der Waals surface area contributed by atoms with Crippen LogP contribution in [0.1, 0.15) is 63.7 Å². The molecule has 5 N–H and O–H groups in total. The summed E-state index contributed by atoms with van der Waals surface area (Å²) in [5.74, 6) is 0.0635. The summed E-state index contributed by atoms with van der Waals surface area (Å²) in [6, 6.07) is 6.14. The van der Waals surface area contributed by atoms with Crippen LogP contribution in [0.3, 0.4) is 0 Å². The second-order valence-electron chi connectivity index (χ2n) is 11.6. The first kappa shape index (κ1) is 34.3. The molecule has 1 aliphatic heterocycles. The molecule has 1 aromatic rings. The monoisotopic (exact) mass is 579 g/mol. The van der Waals surface area contributed by atoms with Crippen molar-refractivity contribution in [2.24, 2.45) is 23.2 Å². The molecule has 0 aliphatic carbocycles. The number of methoxy groups -OCH3 is 1. The number of ether oxygens (including phenoxy) is 3. The Hall–Kier alpha value is -2.89. The molecule has 1 heterocycles. The molecule has 41 heavy (non-hydrogen) atoms. The summed E-state index contributed by atoms with van der Waals surface area (Å²) in [5, 5.41) is 28.6. The van der Waals surface area contributed by atoms with Crippen molar-refractivity contribution in [2.45, 2.75) is 65.5 Å². The zero-order valence-corrected chi connectivity index (χ0v) is 25.1. The fraction of sp³-hybridized carbons (Fsp3) is 0.700. The van der Waals surface area contributed by atoms with Crippen molar-refractivity contribution in [3.8, 4) is 5.75 Å². The quantitative estimate of drug-likeness (QED) is 0.176. The van der Waals surface area contributed by atoms with Gasteiger partial charge in [-0.15, -0.1) is 0 Å². The molecule has 11 nitrogen and oxygen atoms in total. The van der Waals surface area contributed by atoms with Crippen LogP contribution in [0.5, 0.6) is 5.75 Å². The van der Waals surface area contributed by atoms with Crippen LogP contribution in [-0.4, -0.2) is 86.9 Å². The molecule has 0 radical (unpaired) electrons. The van der Waals surface area contributed by atoms with Crippen molar-refractivity contribution in [1.29, 1.82) is 0 Å². The van der Waals surface area contributed by atoms with E-state index in [9.17, 15) is 24.6 Å². The number of para-hydroxylation sites is 1. The van der Waals surface area contributed by atoms with Crippen LogP contribution < -0.4 is 20.7 Å². The predicted octanol–water partition coefficient (Wildman–Crippen LogP) is 3.06. The summed E-state index contributed by atoms with van der Waals surface area (Å²) in [4.78, 5) is 37.6. The van der Waals surface area contributed by atoms with Gasteiger partial charge in [-0.3, -0.25) is 9.59 Å². The number of nitrogens with one attached hydrogen (secondary N) is 3. The van der Waals surface area contributed by atoms with E-state index < -0.39 is 23.7 Å². The Labute approximate surface area is 243 Å². The van der Waals surface area contributed by atoms with Gasteiger partial charge in [-0.1, -0.05) is 39.8 Å². The lowest BCUT2D eigenvalue weighted by atomic mass is 9.74. The SMILES string of the molecule is COCCCOc1ccccc1C(=O)NC[C@@H](C[C@H](NC(=O)O)[C@@H](O)CNC(=O)C(C)(C)C1CCOCC1)C(C)C. The minimum atomic E-state index is -1.27. The second-order valence-corrected chi connectivity index (χ2v) is 11.6. The summed E-state index contributed by atoms with van der Waals surface area (Å²) in [7, 11) is 1.62. The molecule has 0 spiro atoms. The van der Waals surface area contributed by atoms with Crippen molar-refractivity contribution < 1.29 is 38.8 Å². The summed E-state index contributed by atoms with van der Waals surface area (Å²) in [6.45, 7) is 10.1. The molecular formula is C30H49N3O8. The molecule has 1 aromatic carbocycles. The highest BCUT2D eigenvalue weighted by molar-refractivity contribution is 5.96. The van der Waals surface area contributed by atoms with Crippen molar-refractivity contribution in [3.05, 3.63) is 29.8 Å². The van der Waals surface area contributed by atoms with Gasteiger partial charge in [-0.2, -0.15) is 0 Å². The first-order valence-electron chi connectivity index (χ1n) is 14.5. The highest BCUT2D eigenvalue weighted by Gasteiger charge is 2.38. The number of hydrogen-bond acceptors (Lipinski definition) is 7. The smallest absolute Gasteiger partial charge is 0.404 e. The first-order valence-corrected chi connectivity index (χ1v) is 14.5. The van der Waals surface area contributed by atoms with Gasteiger partial charge >= 0.3 is 6.09 Å². The largest absolute Gasteiger partial charge is 0.493 e. The molecule has 0 bridgehead atoms. The van der Waals surface area contributed by atoms with Crippen molar-refractivity contribution >= 4 is 17.9 Å². The van der Waals surface area contributed by atoms with Crippen LogP contribution >= 0.6 is 0 Å². The Morgan fingerprint density at radius 1 is 1.07 bits per heavy atom. The van der Waals surface area contributed by atoms with Gasteiger partial charge in [0.05, 0.1) is 24.3 Å². The Balaban J connectivity index is 2.00. The van der Waals surface area contributed by atoms with Crippen LogP contribution in [0.25, 0.3) is 0 Å². The van der Waals surface area contributed by atoms with E-state index in [1.54, 1.807) is 31.4 Å². The Morgan fingerprint density at radius 3 is 2.39 bits per heavy atom. The summed E-state index contributed by atoms with van der Waals surface area (Å²) >= 11 is 0.